The van der Waals surface area contributed by atoms with Crippen LogP contribution in [0.1, 0.15) is 6.92 Å². The van der Waals surface area contributed by atoms with Crippen molar-refractivity contribution in [2.45, 2.75) is 13.0 Å². The number of rotatable bonds is 4. The number of aromatic nitrogens is 4. The molecule has 2 aromatic carbocycles. The summed E-state index contributed by atoms with van der Waals surface area (Å²) in [6.07, 6.45) is 3.23. The zero-order valence-electron chi connectivity index (χ0n) is 13.5. The number of para-hydroxylation sites is 1. The zero-order chi connectivity index (χ0) is 17.2. The highest BCUT2D eigenvalue weighted by atomic mass is 16.2. The molecule has 1 unspecified atom stereocenters. The molecule has 0 aliphatic rings. The molecule has 0 spiro atoms. The van der Waals surface area contributed by atoms with Gasteiger partial charge in [0.05, 0.1) is 17.2 Å². The quantitative estimate of drug-likeness (QED) is 0.534. The topological polar surface area (TPSA) is 95.6 Å². The molecule has 4 aromatic rings. The highest BCUT2D eigenvalue weighted by Gasteiger charge is 2.15. The van der Waals surface area contributed by atoms with Crippen molar-refractivity contribution in [2.75, 3.05) is 10.6 Å². The second-order valence-corrected chi connectivity index (χ2v) is 5.77. The molecule has 0 saturated heterocycles. The van der Waals surface area contributed by atoms with Crippen LogP contribution in [0.25, 0.3) is 21.8 Å². The van der Waals surface area contributed by atoms with Gasteiger partial charge in [-0.1, -0.05) is 12.1 Å². The van der Waals surface area contributed by atoms with E-state index in [1.54, 1.807) is 13.1 Å². The summed E-state index contributed by atoms with van der Waals surface area (Å²) >= 11 is 0. The number of carbonyl (C=O) groups excluding carboxylic acids is 1. The van der Waals surface area contributed by atoms with E-state index in [4.69, 9.17) is 0 Å². The number of amides is 1. The Morgan fingerprint density at radius 1 is 1.16 bits per heavy atom. The van der Waals surface area contributed by atoms with E-state index >= 15 is 0 Å². The van der Waals surface area contributed by atoms with Crippen LogP contribution in [0.15, 0.2) is 55.0 Å². The summed E-state index contributed by atoms with van der Waals surface area (Å²) < 4.78 is 0. The Balaban J connectivity index is 1.51. The Bertz CT molecular complexity index is 1050. The molecular formula is C18H16N6O. The summed E-state index contributed by atoms with van der Waals surface area (Å²) in [5, 5.41) is 14.8. The highest BCUT2D eigenvalue weighted by molar-refractivity contribution is 5.99. The minimum Gasteiger partial charge on any atom is -0.358 e. The Labute approximate surface area is 143 Å². The number of aromatic amines is 1. The molecule has 7 nitrogen and oxygen atoms in total. The molecule has 0 saturated carbocycles. The lowest BCUT2D eigenvalue weighted by Crippen LogP contribution is -2.32. The summed E-state index contributed by atoms with van der Waals surface area (Å²) in [7, 11) is 0. The van der Waals surface area contributed by atoms with Gasteiger partial charge in [0.15, 0.2) is 0 Å². The van der Waals surface area contributed by atoms with Gasteiger partial charge in [0.25, 0.3) is 0 Å². The van der Waals surface area contributed by atoms with Gasteiger partial charge in [0, 0.05) is 16.5 Å². The Hall–Kier alpha value is -3.48. The van der Waals surface area contributed by atoms with Crippen LogP contribution in [0.2, 0.25) is 0 Å². The largest absolute Gasteiger partial charge is 0.358 e. The summed E-state index contributed by atoms with van der Waals surface area (Å²) in [5.74, 6) is 0.485. The molecular weight excluding hydrogens is 316 g/mol. The first-order chi connectivity index (χ1) is 12.2. The van der Waals surface area contributed by atoms with Gasteiger partial charge in [0.2, 0.25) is 5.91 Å². The van der Waals surface area contributed by atoms with Crippen LogP contribution in [0.5, 0.6) is 0 Å². The van der Waals surface area contributed by atoms with Gasteiger partial charge in [0.1, 0.15) is 18.2 Å². The van der Waals surface area contributed by atoms with E-state index in [0.717, 1.165) is 21.8 Å². The van der Waals surface area contributed by atoms with Crippen LogP contribution in [0.4, 0.5) is 11.5 Å². The molecule has 7 heteroatoms. The van der Waals surface area contributed by atoms with E-state index in [0.29, 0.717) is 11.5 Å². The Kier molecular flexibility index (Phi) is 3.74. The summed E-state index contributed by atoms with van der Waals surface area (Å²) in [6, 6.07) is 12.8. The molecule has 0 bridgehead atoms. The maximum atomic E-state index is 12.5. The molecule has 2 aromatic heterocycles. The average molecular weight is 332 g/mol. The van der Waals surface area contributed by atoms with Crippen molar-refractivity contribution in [3.8, 4) is 0 Å². The van der Waals surface area contributed by atoms with Crippen LogP contribution < -0.4 is 10.6 Å². The second kappa shape index (κ2) is 6.20. The van der Waals surface area contributed by atoms with Gasteiger partial charge in [-0.25, -0.2) is 9.97 Å². The average Bonchev–Trinajstić information content (AvgIpc) is 3.10. The SMILES string of the molecule is CC(Nc1ncnc2ccccc12)C(=O)Nc1ccc2cn[nH]c2c1. The lowest BCUT2D eigenvalue weighted by atomic mass is 10.2. The third kappa shape index (κ3) is 2.99. The number of hydrogen-bond donors (Lipinski definition) is 3. The van der Waals surface area contributed by atoms with Crippen molar-refractivity contribution >= 4 is 39.2 Å². The number of benzene rings is 2. The molecule has 0 aliphatic heterocycles. The fourth-order valence-electron chi connectivity index (χ4n) is 2.66. The molecule has 25 heavy (non-hydrogen) atoms. The Morgan fingerprint density at radius 2 is 2.04 bits per heavy atom. The number of nitrogens with zero attached hydrogens (tertiary/aromatic N) is 3. The van der Waals surface area contributed by atoms with Gasteiger partial charge in [-0.3, -0.25) is 9.89 Å². The predicted molar refractivity (Wildman–Crippen MR) is 97.3 cm³/mol. The normalized spacial score (nSPS) is 12.2. The van der Waals surface area contributed by atoms with Gasteiger partial charge in [-0.15, -0.1) is 0 Å². The number of carbonyl (C=O) groups is 1. The Morgan fingerprint density at radius 3 is 2.96 bits per heavy atom. The lowest BCUT2D eigenvalue weighted by molar-refractivity contribution is -0.116. The van der Waals surface area contributed by atoms with Crippen molar-refractivity contribution in [3.05, 3.63) is 55.0 Å². The lowest BCUT2D eigenvalue weighted by Gasteiger charge is -2.15. The molecule has 0 radical (unpaired) electrons. The number of H-pyrrole nitrogens is 1. The first-order valence-corrected chi connectivity index (χ1v) is 7.91. The maximum Gasteiger partial charge on any atom is 0.246 e. The van der Waals surface area contributed by atoms with Crippen molar-refractivity contribution in [2.24, 2.45) is 0 Å². The zero-order valence-corrected chi connectivity index (χ0v) is 13.5. The first kappa shape index (κ1) is 15.1. The van der Waals surface area contributed by atoms with Crippen LogP contribution in [-0.4, -0.2) is 32.1 Å². The smallest absolute Gasteiger partial charge is 0.246 e. The molecule has 2 heterocycles. The standard InChI is InChI=1S/C18H16N6O/c1-11(22-17-14-4-2-3-5-15(14)19-10-20-17)18(25)23-13-7-6-12-9-21-24-16(12)8-13/h2-11H,1H3,(H,21,24)(H,23,25)(H,19,20,22). The number of anilines is 2. The predicted octanol–water partition coefficient (Wildman–Crippen LogP) is 2.95. The minimum absolute atomic E-state index is 0.151. The van der Waals surface area contributed by atoms with E-state index in [2.05, 4.69) is 30.8 Å². The van der Waals surface area contributed by atoms with Crippen molar-refractivity contribution in [3.63, 3.8) is 0 Å². The first-order valence-electron chi connectivity index (χ1n) is 7.91. The number of fused-ring (bicyclic) bond motifs is 2. The van der Waals surface area contributed by atoms with Gasteiger partial charge >= 0.3 is 0 Å². The molecule has 0 aliphatic carbocycles. The molecule has 124 valence electrons. The molecule has 3 N–H and O–H groups in total. The van der Waals surface area contributed by atoms with E-state index in [9.17, 15) is 4.79 Å². The molecule has 1 amide bonds. The third-order valence-electron chi connectivity index (χ3n) is 4.00. The van der Waals surface area contributed by atoms with E-state index in [-0.39, 0.29) is 5.91 Å². The number of nitrogens with one attached hydrogen (secondary N) is 3. The summed E-state index contributed by atoms with van der Waals surface area (Å²) in [6.45, 7) is 1.79. The van der Waals surface area contributed by atoms with E-state index in [1.807, 2.05) is 42.5 Å². The van der Waals surface area contributed by atoms with E-state index < -0.39 is 6.04 Å². The van der Waals surface area contributed by atoms with Gasteiger partial charge in [-0.2, -0.15) is 5.10 Å². The minimum atomic E-state index is -0.462. The van der Waals surface area contributed by atoms with Crippen molar-refractivity contribution < 1.29 is 4.79 Å². The van der Waals surface area contributed by atoms with E-state index in [1.165, 1.54) is 6.33 Å². The van der Waals surface area contributed by atoms with Gasteiger partial charge in [-0.05, 0) is 37.3 Å². The van der Waals surface area contributed by atoms with Crippen LogP contribution >= 0.6 is 0 Å². The van der Waals surface area contributed by atoms with Gasteiger partial charge < -0.3 is 10.6 Å². The van der Waals surface area contributed by atoms with Crippen molar-refractivity contribution in [1.82, 2.24) is 20.2 Å². The van der Waals surface area contributed by atoms with Crippen LogP contribution in [-0.2, 0) is 4.79 Å². The second-order valence-electron chi connectivity index (χ2n) is 5.77. The fraction of sp³-hybridized carbons (Fsp3) is 0.111. The molecule has 4 rings (SSSR count). The molecule has 1 atom stereocenters. The highest BCUT2D eigenvalue weighted by Crippen LogP contribution is 2.20. The monoisotopic (exact) mass is 332 g/mol. The summed E-state index contributed by atoms with van der Waals surface area (Å²) in [5.41, 5.74) is 2.42. The van der Waals surface area contributed by atoms with Crippen molar-refractivity contribution in [1.29, 1.82) is 0 Å². The maximum absolute atomic E-state index is 12.5. The third-order valence-corrected chi connectivity index (χ3v) is 4.00. The summed E-state index contributed by atoms with van der Waals surface area (Å²) in [4.78, 5) is 21.0. The van der Waals surface area contributed by atoms with Crippen LogP contribution in [0.3, 0.4) is 0 Å². The van der Waals surface area contributed by atoms with Crippen LogP contribution in [0, 0.1) is 0 Å². The molecule has 0 fully saturated rings. The number of hydrogen-bond acceptors (Lipinski definition) is 5. The fourth-order valence-corrected chi connectivity index (χ4v) is 2.66.